The Morgan fingerprint density at radius 1 is 1.29 bits per heavy atom. The minimum atomic E-state index is -0.680. The molecule has 1 saturated heterocycles. The summed E-state index contributed by atoms with van der Waals surface area (Å²) in [6.07, 6.45) is 5.90. The summed E-state index contributed by atoms with van der Waals surface area (Å²) in [5.74, 6) is -0.680. The van der Waals surface area contributed by atoms with Gasteiger partial charge in [-0.3, -0.25) is 9.69 Å². The SMILES string of the molecule is CC(CNCCCCCC(=O)O)N1CCCC1. The fraction of sp³-hybridized carbons (Fsp3) is 0.923. The van der Waals surface area contributed by atoms with E-state index in [4.69, 9.17) is 5.11 Å². The maximum Gasteiger partial charge on any atom is 0.303 e. The number of nitrogens with one attached hydrogen (secondary N) is 1. The molecule has 0 radical (unpaired) electrons. The van der Waals surface area contributed by atoms with Gasteiger partial charge in [-0.05, 0) is 52.2 Å². The van der Waals surface area contributed by atoms with E-state index in [1.165, 1.54) is 25.9 Å². The first-order chi connectivity index (χ1) is 8.20. The molecule has 17 heavy (non-hydrogen) atoms. The Labute approximate surface area is 104 Å². The van der Waals surface area contributed by atoms with Gasteiger partial charge in [-0.1, -0.05) is 6.42 Å². The maximum absolute atomic E-state index is 10.3. The maximum atomic E-state index is 10.3. The third-order valence-electron chi connectivity index (χ3n) is 3.45. The Morgan fingerprint density at radius 2 is 2.00 bits per heavy atom. The highest BCUT2D eigenvalue weighted by Crippen LogP contribution is 2.10. The molecule has 4 heteroatoms. The summed E-state index contributed by atoms with van der Waals surface area (Å²) >= 11 is 0. The van der Waals surface area contributed by atoms with E-state index in [1.807, 2.05) is 0 Å². The molecule has 4 nitrogen and oxygen atoms in total. The highest BCUT2D eigenvalue weighted by atomic mass is 16.4. The van der Waals surface area contributed by atoms with Crippen molar-refractivity contribution in [3.63, 3.8) is 0 Å². The van der Waals surface area contributed by atoms with Gasteiger partial charge in [0.05, 0.1) is 0 Å². The molecule has 0 aromatic carbocycles. The van der Waals surface area contributed by atoms with E-state index in [2.05, 4.69) is 17.1 Å². The molecule has 100 valence electrons. The standard InChI is InChI=1S/C13H26N2O2/c1-12(15-9-5-6-10-15)11-14-8-4-2-3-7-13(16)17/h12,14H,2-11H2,1H3,(H,16,17). The molecule has 1 unspecified atom stereocenters. The van der Waals surface area contributed by atoms with E-state index >= 15 is 0 Å². The van der Waals surface area contributed by atoms with Crippen LogP contribution in [0.4, 0.5) is 0 Å². The van der Waals surface area contributed by atoms with Gasteiger partial charge < -0.3 is 10.4 Å². The summed E-state index contributed by atoms with van der Waals surface area (Å²) in [6.45, 7) is 6.85. The predicted octanol–water partition coefficient (Wildman–Crippen LogP) is 1.71. The Balaban J connectivity index is 1.88. The van der Waals surface area contributed by atoms with E-state index in [9.17, 15) is 4.79 Å². The van der Waals surface area contributed by atoms with E-state index in [0.29, 0.717) is 12.5 Å². The Kier molecular flexibility index (Phi) is 7.21. The van der Waals surface area contributed by atoms with Crippen LogP contribution in [-0.4, -0.2) is 48.2 Å². The van der Waals surface area contributed by atoms with Crippen molar-refractivity contribution in [2.24, 2.45) is 0 Å². The molecule has 2 N–H and O–H groups in total. The van der Waals surface area contributed by atoms with Crippen molar-refractivity contribution in [3.05, 3.63) is 0 Å². The van der Waals surface area contributed by atoms with Gasteiger partial charge in [0.25, 0.3) is 0 Å². The highest BCUT2D eigenvalue weighted by Gasteiger charge is 2.16. The van der Waals surface area contributed by atoms with E-state index < -0.39 is 5.97 Å². The predicted molar refractivity (Wildman–Crippen MR) is 69.2 cm³/mol. The quantitative estimate of drug-likeness (QED) is 0.604. The molecule has 0 aromatic heterocycles. The Morgan fingerprint density at radius 3 is 2.65 bits per heavy atom. The third-order valence-corrected chi connectivity index (χ3v) is 3.45. The highest BCUT2D eigenvalue weighted by molar-refractivity contribution is 5.66. The first kappa shape index (κ1) is 14.5. The van der Waals surface area contributed by atoms with Crippen LogP contribution < -0.4 is 5.32 Å². The second-order valence-electron chi connectivity index (χ2n) is 5.00. The number of unbranched alkanes of at least 4 members (excludes halogenated alkanes) is 2. The number of likely N-dealkylation sites (tertiary alicyclic amines) is 1. The van der Waals surface area contributed by atoms with E-state index in [0.717, 1.165) is 32.4 Å². The summed E-state index contributed by atoms with van der Waals surface area (Å²) < 4.78 is 0. The average molecular weight is 242 g/mol. The van der Waals surface area contributed by atoms with Gasteiger partial charge in [-0.2, -0.15) is 0 Å². The van der Waals surface area contributed by atoms with Crippen LogP contribution in [0.5, 0.6) is 0 Å². The zero-order chi connectivity index (χ0) is 12.5. The summed E-state index contributed by atoms with van der Waals surface area (Å²) in [7, 11) is 0. The number of carbonyl (C=O) groups is 1. The van der Waals surface area contributed by atoms with Gasteiger partial charge >= 0.3 is 5.97 Å². The number of hydrogen-bond donors (Lipinski definition) is 2. The van der Waals surface area contributed by atoms with Gasteiger partial charge in [0, 0.05) is 19.0 Å². The smallest absolute Gasteiger partial charge is 0.303 e. The molecule has 1 aliphatic rings. The van der Waals surface area contributed by atoms with Crippen LogP contribution in [0.25, 0.3) is 0 Å². The van der Waals surface area contributed by atoms with Crippen molar-refractivity contribution in [2.75, 3.05) is 26.2 Å². The normalized spacial score (nSPS) is 18.4. The molecule has 0 saturated carbocycles. The molecule has 0 spiro atoms. The molecule has 1 heterocycles. The lowest BCUT2D eigenvalue weighted by molar-refractivity contribution is -0.137. The fourth-order valence-electron chi connectivity index (χ4n) is 2.33. The van der Waals surface area contributed by atoms with Crippen LogP contribution in [0, 0.1) is 0 Å². The zero-order valence-electron chi connectivity index (χ0n) is 11.0. The minimum absolute atomic E-state index is 0.310. The molecular formula is C13H26N2O2. The average Bonchev–Trinajstić information content (AvgIpc) is 2.80. The number of carboxylic acids is 1. The molecule has 1 atom stereocenters. The van der Waals surface area contributed by atoms with E-state index in [1.54, 1.807) is 0 Å². The molecule has 0 aromatic rings. The number of hydrogen-bond acceptors (Lipinski definition) is 3. The van der Waals surface area contributed by atoms with Crippen molar-refractivity contribution in [1.82, 2.24) is 10.2 Å². The lowest BCUT2D eigenvalue weighted by Crippen LogP contribution is -2.38. The van der Waals surface area contributed by atoms with Crippen LogP contribution >= 0.6 is 0 Å². The van der Waals surface area contributed by atoms with E-state index in [-0.39, 0.29) is 0 Å². The van der Waals surface area contributed by atoms with Gasteiger partial charge in [0.2, 0.25) is 0 Å². The van der Waals surface area contributed by atoms with Crippen molar-refractivity contribution in [2.45, 2.75) is 51.5 Å². The number of nitrogens with zero attached hydrogens (tertiary/aromatic N) is 1. The molecule has 0 aliphatic carbocycles. The monoisotopic (exact) mass is 242 g/mol. The number of carboxylic acid groups (broad SMARTS) is 1. The van der Waals surface area contributed by atoms with Crippen molar-refractivity contribution < 1.29 is 9.90 Å². The van der Waals surface area contributed by atoms with Crippen molar-refractivity contribution in [3.8, 4) is 0 Å². The van der Waals surface area contributed by atoms with Crippen LogP contribution in [-0.2, 0) is 4.79 Å². The first-order valence-electron chi connectivity index (χ1n) is 6.86. The van der Waals surface area contributed by atoms with Gasteiger partial charge in [0.15, 0.2) is 0 Å². The fourth-order valence-corrected chi connectivity index (χ4v) is 2.33. The van der Waals surface area contributed by atoms with Crippen molar-refractivity contribution >= 4 is 5.97 Å². The summed E-state index contributed by atoms with van der Waals surface area (Å²) in [5.41, 5.74) is 0. The van der Waals surface area contributed by atoms with Crippen LogP contribution in [0.3, 0.4) is 0 Å². The van der Waals surface area contributed by atoms with Crippen LogP contribution in [0.2, 0.25) is 0 Å². The van der Waals surface area contributed by atoms with Gasteiger partial charge in [-0.25, -0.2) is 0 Å². The molecule has 1 rings (SSSR count). The summed E-state index contributed by atoms with van der Waals surface area (Å²) in [4.78, 5) is 12.8. The van der Waals surface area contributed by atoms with Crippen molar-refractivity contribution in [1.29, 1.82) is 0 Å². The Hall–Kier alpha value is -0.610. The summed E-state index contributed by atoms with van der Waals surface area (Å²) in [6, 6.07) is 0.636. The lowest BCUT2D eigenvalue weighted by atomic mass is 10.2. The van der Waals surface area contributed by atoms with Crippen LogP contribution in [0.1, 0.15) is 45.4 Å². The third kappa shape index (κ3) is 6.64. The largest absolute Gasteiger partial charge is 0.481 e. The Bertz CT molecular complexity index is 215. The molecule has 1 fully saturated rings. The van der Waals surface area contributed by atoms with Gasteiger partial charge in [0.1, 0.15) is 0 Å². The summed E-state index contributed by atoms with van der Waals surface area (Å²) in [5, 5.41) is 12.0. The molecule has 1 aliphatic heterocycles. The second-order valence-corrected chi connectivity index (χ2v) is 5.00. The first-order valence-corrected chi connectivity index (χ1v) is 6.86. The number of aliphatic carboxylic acids is 1. The minimum Gasteiger partial charge on any atom is -0.481 e. The zero-order valence-corrected chi connectivity index (χ0v) is 11.0. The molecule has 0 bridgehead atoms. The molecular weight excluding hydrogens is 216 g/mol. The number of rotatable bonds is 9. The van der Waals surface area contributed by atoms with Gasteiger partial charge in [-0.15, -0.1) is 0 Å². The topological polar surface area (TPSA) is 52.6 Å². The molecule has 0 amide bonds. The second kappa shape index (κ2) is 8.48. The van der Waals surface area contributed by atoms with Crippen LogP contribution in [0.15, 0.2) is 0 Å². The lowest BCUT2D eigenvalue weighted by Gasteiger charge is -2.23.